The highest BCUT2D eigenvalue weighted by Crippen LogP contribution is 2.25. The molecule has 0 radical (unpaired) electrons. The van der Waals surface area contributed by atoms with Crippen LogP contribution in [0.15, 0.2) is 18.2 Å². The Labute approximate surface area is 117 Å². The van der Waals surface area contributed by atoms with E-state index in [0.29, 0.717) is 12.3 Å². The van der Waals surface area contributed by atoms with Crippen LogP contribution < -0.4 is 4.74 Å². The summed E-state index contributed by atoms with van der Waals surface area (Å²) in [4.78, 5) is 12.7. The maximum absolute atomic E-state index is 10.9. The van der Waals surface area contributed by atoms with E-state index in [0.717, 1.165) is 31.5 Å². The topological polar surface area (TPSA) is 79.4 Å². The zero-order chi connectivity index (χ0) is 14.5. The van der Waals surface area contributed by atoms with Gasteiger partial charge in [0, 0.05) is 19.2 Å². The fourth-order valence-electron chi connectivity index (χ4n) is 2.52. The van der Waals surface area contributed by atoms with Gasteiger partial charge < -0.3 is 4.74 Å². The third kappa shape index (κ3) is 3.45. The van der Waals surface area contributed by atoms with E-state index in [1.54, 1.807) is 6.07 Å². The molecule has 1 atom stereocenters. The SMILES string of the molecule is COc1cc(CN2CCCC(C#N)C2)cc([N+](=O)[O-])c1. The van der Waals surface area contributed by atoms with Crippen molar-refractivity contribution in [1.29, 1.82) is 5.26 Å². The molecule has 0 aliphatic carbocycles. The molecular formula is C14H17N3O3. The highest BCUT2D eigenvalue weighted by Gasteiger charge is 2.20. The van der Waals surface area contributed by atoms with Crippen LogP contribution in [0, 0.1) is 27.4 Å². The molecule has 6 nitrogen and oxygen atoms in total. The minimum atomic E-state index is -0.416. The van der Waals surface area contributed by atoms with Crippen LogP contribution >= 0.6 is 0 Å². The second kappa shape index (κ2) is 6.35. The Morgan fingerprint density at radius 2 is 2.35 bits per heavy atom. The van der Waals surface area contributed by atoms with Crippen molar-refractivity contribution < 1.29 is 9.66 Å². The molecular weight excluding hydrogens is 258 g/mol. The van der Waals surface area contributed by atoms with Gasteiger partial charge in [-0.2, -0.15) is 5.26 Å². The number of nitriles is 1. The summed E-state index contributed by atoms with van der Waals surface area (Å²) in [6, 6.07) is 7.09. The standard InChI is InChI=1S/C14H17N3O3/c1-20-14-6-12(5-13(7-14)17(18)19)10-16-4-2-3-11(8-15)9-16/h5-7,11H,2-4,9-10H2,1H3. The van der Waals surface area contributed by atoms with Crippen molar-refractivity contribution in [1.82, 2.24) is 4.90 Å². The van der Waals surface area contributed by atoms with Crippen LogP contribution in [0.2, 0.25) is 0 Å². The van der Waals surface area contributed by atoms with Crippen LogP contribution in [0.4, 0.5) is 5.69 Å². The molecule has 0 bridgehead atoms. The highest BCUT2D eigenvalue weighted by atomic mass is 16.6. The minimum absolute atomic E-state index is 0.0354. The predicted molar refractivity (Wildman–Crippen MR) is 73.3 cm³/mol. The van der Waals surface area contributed by atoms with E-state index in [-0.39, 0.29) is 11.6 Å². The number of benzene rings is 1. The highest BCUT2D eigenvalue weighted by molar-refractivity contribution is 5.42. The molecule has 0 aromatic heterocycles. The number of nitro groups is 1. The Bertz CT molecular complexity index is 539. The third-order valence-electron chi connectivity index (χ3n) is 3.49. The lowest BCUT2D eigenvalue weighted by molar-refractivity contribution is -0.385. The molecule has 1 aromatic rings. The van der Waals surface area contributed by atoms with Crippen molar-refractivity contribution in [3.8, 4) is 11.8 Å². The summed E-state index contributed by atoms with van der Waals surface area (Å²) in [5.74, 6) is 0.549. The average molecular weight is 275 g/mol. The number of hydrogen-bond donors (Lipinski definition) is 0. The van der Waals surface area contributed by atoms with Crippen molar-refractivity contribution in [3.05, 3.63) is 33.9 Å². The van der Waals surface area contributed by atoms with Crippen LogP contribution in [0.25, 0.3) is 0 Å². The molecule has 0 spiro atoms. The number of piperidine rings is 1. The second-order valence-corrected chi connectivity index (χ2v) is 5.00. The number of rotatable bonds is 4. The van der Waals surface area contributed by atoms with Crippen LogP contribution in [0.3, 0.4) is 0 Å². The number of hydrogen-bond acceptors (Lipinski definition) is 5. The fourth-order valence-corrected chi connectivity index (χ4v) is 2.52. The van der Waals surface area contributed by atoms with Crippen LogP contribution in [-0.2, 0) is 6.54 Å². The van der Waals surface area contributed by atoms with E-state index in [4.69, 9.17) is 10.00 Å². The van der Waals surface area contributed by atoms with E-state index in [1.807, 2.05) is 6.07 Å². The number of nitro benzene ring substituents is 1. The summed E-state index contributed by atoms with van der Waals surface area (Å²) < 4.78 is 5.10. The van der Waals surface area contributed by atoms with E-state index < -0.39 is 4.92 Å². The Morgan fingerprint density at radius 1 is 1.55 bits per heavy atom. The molecule has 1 aliphatic rings. The molecule has 0 N–H and O–H groups in total. The number of likely N-dealkylation sites (tertiary alicyclic amines) is 1. The van der Waals surface area contributed by atoms with Crippen LogP contribution in [0.5, 0.6) is 5.75 Å². The zero-order valence-electron chi connectivity index (χ0n) is 11.4. The first kappa shape index (κ1) is 14.3. The van der Waals surface area contributed by atoms with Gasteiger partial charge in [0.05, 0.1) is 30.1 Å². The zero-order valence-corrected chi connectivity index (χ0v) is 11.4. The first-order valence-corrected chi connectivity index (χ1v) is 6.56. The lowest BCUT2D eigenvalue weighted by Crippen LogP contribution is -2.34. The molecule has 6 heteroatoms. The van der Waals surface area contributed by atoms with Gasteiger partial charge in [0.25, 0.3) is 5.69 Å². The largest absolute Gasteiger partial charge is 0.496 e. The number of ether oxygens (including phenoxy) is 1. The monoisotopic (exact) mass is 275 g/mol. The van der Waals surface area contributed by atoms with Crippen LogP contribution in [-0.4, -0.2) is 30.0 Å². The van der Waals surface area contributed by atoms with Crippen molar-refractivity contribution in [3.63, 3.8) is 0 Å². The maximum Gasteiger partial charge on any atom is 0.273 e. The summed E-state index contributed by atoms with van der Waals surface area (Å²) in [5, 5.41) is 19.9. The number of methoxy groups -OCH3 is 1. The summed E-state index contributed by atoms with van der Waals surface area (Å²) in [6.45, 7) is 2.25. The van der Waals surface area contributed by atoms with Gasteiger partial charge in [0.15, 0.2) is 0 Å². The molecule has 106 valence electrons. The summed E-state index contributed by atoms with van der Waals surface area (Å²) >= 11 is 0. The molecule has 0 saturated carbocycles. The molecule has 1 aliphatic heterocycles. The van der Waals surface area contributed by atoms with Crippen LogP contribution in [0.1, 0.15) is 18.4 Å². The Kier molecular flexibility index (Phi) is 4.53. The molecule has 1 fully saturated rings. The lowest BCUT2D eigenvalue weighted by Gasteiger charge is -2.29. The first-order chi connectivity index (χ1) is 9.62. The lowest BCUT2D eigenvalue weighted by atomic mass is 9.99. The van der Waals surface area contributed by atoms with Gasteiger partial charge in [-0.15, -0.1) is 0 Å². The van der Waals surface area contributed by atoms with Crippen molar-refractivity contribution >= 4 is 5.69 Å². The predicted octanol–water partition coefficient (Wildman–Crippen LogP) is 2.34. The van der Waals surface area contributed by atoms with Gasteiger partial charge in [-0.1, -0.05) is 0 Å². The average Bonchev–Trinajstić information content (AvgIpc) is 2.47. The number of nitrogens with zero attached hydrogens (tertiary/aromatic N) is 3. The quantitative estimate of drug-likeness (QED) is 0.622. The van der Waals surface area contributed by atoms with Crippen molar-refractivity contribution in [2.75, 3.05) is 20.2 Å². The van der Waals surface area contributed by atoms with E-state index in [9.17, 15) is 10.1 Å². The van der Waals surface area contributed by atoms with Crippen molar-refractivity contribution in [2.24, 2.45) is 5.92 Å². The molecule has 1 heterocycles. The second-order valence-electron chi connectivity index (χ2n) is 5.00. The molecule has 1 aromatic carbocycles. The summed E-state index contributed by atoms with van der Waals surface area (Å²) in [5.41, 5.74) is 0.878. The van der Waals surface area contributed by atoms with Gasteiger partial charge >= 0.3 is 0 Å². The Hall–Kier alpha value is -2.13. The number of non-ortho nitro benzene ring substituents is 1. The Morgan fingerprint density at radius 3 is 3.00 bits per heavy atom. The fraction of sp³-hybridized carbons (Fsp3) is 0.500. The Balaban J connectivity index is 2.14. The van der Waals surface area contributed by atoms with Gasteiger partial charge in [0.1, 0.15) is 5.75 Å². The van der Waals surface area contributed by atoms with Gasteiger partial charge in [-0.3, -0.25) is 15.0 Å². The van der Waals surface area contributed by atoms with E-state index in [2.05, 4.69) is 11.0 Å². The third-order valence-corrected chi connectivity index (χ3v) is 3.49. The first-order valence-electron chi connectivity index (χ1n) is 6.56. The molecule has 2 rings (SSSR count). The molecule has 20 heavy (non-hydrogen) atoms. The summed E-state index contributed by atoms with van der Waals surface area (Å²) in [6.07, 6.45) is 1.93. The maximum atomic E-state index is 10.9. The summed E-state index contributed by atoms with van der Waals surface area (Å²) in [7, 11) is 1.50. The minimum Gasteiger partial charge on any atom is -0.496 e. The molecule has 1 saturated heterocycles. The smallest absolute Gasteiger partial charge is 0.273 e. The molecule has 1 unspecified atom stereocenters. The van der Waals surface area contributed by atoms with Crippen molar-refractivity contribution in [2.45, 2.75) is 19.4 Å². The molecule has 0 amide bonds. The van der Waals surface area contributed by atoms with Gasteiger partial charge in [-0.05, 0) is 31.0 Å². The normalized spacial score (nSPS) is 19.3. The van der Waals surface area contributed by atoms with Gasteiger partial charge in [-0.25, -0.2) is 0 Å². The van der Waals surface area contributed by atoms with E-state index in [1.165, 1.54) is 13.2 Å². The van der Waals surface area contributed by atoms with Gasteiger partial charge in [0.2, 0.25) is 0 Å². The van der Waals surface area contributed by atoms with E-state index >= 15 is 0 Å².